The average Bonchev–Trinajstić information content (AvgIpc) is 3.32. The molecule has 1 saturated heterocycles. The molecule has 1 aliphatic rings. The van der Waals surface area contributed by atoms with Crippen molar-refractivity contribution in [3.63, 3.8) is 0 Å². The molecular weight excluding hydrogens is 444 g/mol. The molecule has 0 bridgehead atoms. The molecule has 0 saturated carbocycles. The third-order valence-corrected chi connectivity index (χ3v) is 7.52. The minimum absolute atomic E-state index is 0.0503. The van der Waals surface area contributed by atoms with Gasteiger partial charge < -0.3 is 4.90 Å². The zero-order chi connectivity index (χ0) is 23.9. The summed E-state index contributed by atoms with van der Waals surface area (Å²) in [5.41, 5.74) is 1.36. The second-order valence-corrected chi connectivity index (χ2v) is 10.1. The van der Waals surface area contributed by atoms with Gasteiger partial charge in [0, 0.05) is 25.8 Å². The molecule has 1 N–H and O–H groups in total. The number of rotatable bonds is 5. The van der Waals surface area contributed by atoms with Crippen LogP contribution < -0.4 is 16.0 Å². The van der Waals surface area contributed by atoms with E-state index in [-0.39, 0.29) is 22.7 Å². The topological polar surface area (TPSA) is 110 Å². The van der Waals surface area contributed by atoms with Gasteiger partial charge >= 0.3 is 5.69 Å². The average molecular weight is 471 g/mol. The van der Waals surface area contributed by atoms with Crippen molar-refractivity contribution in [3.8, 4) is 0 Å². The molecule has 2 heterocycles. The Morgan fingerprint density at radius 2 is 1.70 bits per heavy atom. The van der Waals surface area contributed by atoms with Crippen molar-refractivity contribution in [2.45, 2.75) is 38.1 Å². The lowest BCUT2D eigenvalue weighted by atomic mass is 10.1. The number of sulfonamides is 1. The van der Waals surface area contributed by atoms with Crippen LogP contribution in [-0.2, 0) is 28.4 Å². The molecule has 33 heavy (non-hydrogen) atoms. The maximum Gasteiger partial charge on any atom is 0.331 e. The Hall–Kier alpha value is -3.40. The molecule has 3 aromatic rings. The highest BCUT2D eigenvalue weighted by molar-refractivity contribution is 7.92. The van der Waals surface area contributed by atoms with Crippen LogP contribution in [0.3, 0.4) is 0 Å². The van der Waals surface area contributed by atoms with E-state index in [0.717, 1.165) is 28.5 Å². The summed E-state index contributed by atoms with van der Waals surface area (Å²) in [7, 11) is -2.50. The summed E-state index contributed by atoms with van der Waals surface area (Å²) in [4.78, 5) is 40.0. The Labute approximate surface area is 191 Å². The van der Waals surface area contributed by atoms with Gasteiger partial charge in [-0.05, 0) is 68.1 Å². The summed E-state index contributed by atoms with van der Waals surface area (Å²) in [5.74, 6) is -0.300. The van der Waals surface area contributed by atoms with E-state index in [1.807, 2.05) is 19.9 Å². The van der Waals surface area contributed by atoms with Crippen LogP contribution in [0, 0.1) is 13.8 Å². The molecule has 2 aromatic carbocycles. The number of nitrogens with one attached hydrogen (secondary N) is 1. The summed E-state index contributed by atoms with van der Waals surface area (Å²) < 4.78 is 30.6. The lowest BCUT2D eigenvalue weighted by Gasteiger charge is -2.17. The highest BCUT2D eigenvalue weighted by atomic mass is 32.2. The first-order valence-electron chi connectivity index (χ1n) is 10.7. The van der Waals surface area contributed by atoms with Gasteiger partial charge in [-0.3, -0.25) is 23.4 Å². The number of aromatic nitrogens is 2. The molecule has 1 fully saturated rings. The first kappa shape index (κ1) is 22.8. The van der Waals surface area contributed by atoms with E-state index in [9.17, 15) is 22.8 Å². The minimum Gasteiger partial charge on any atom is -0.341 e. The maximum absolute atomic E-state index is 13.1. The fraction of sp³-hybridized carbons (Fsp3) is 0.348. The number of carbonyl (C=O) groups is 1. The Morgan fingerprint density at radius 3 is 2.36 bits per heavy atom. The van der Waals surface area contributed by atoms with Crippen molar-refractivity contribution < 1.29 is 13.2 Å². The molecule has 0 spiro atoms. The largest absolute Gasteiger partial charge is 0.341 e. The van der Waals surface area contributed by atoms with Crippen LogP contribution in [0.5, 0.6) is 0 Å². The van der Waals surface area contributed by atoms with Crippen molar-refractivity contribution in [1.82, 2.24) is 14.0 Å². The fourth-order valence-electron chi connectivity index (χ4n) is 4.02. The van der Waals surface area contributed by atoms with Crippen LogP contribution in [0.2, 0.25) is 0 Å². The molecule has 174 valence electrons. The summed E-state index contributed by atoms with van der Waals surface area (Å²) >= 11 is 0. The Bertz CT molecular complexity index is 1480. The van der Waals surface area contributed by atoms with E-state index in [1.165, 1.54) is 29.8 Å². The molecule has 1 aromatic heterocycles. The van der Waals surface area contributed by atoms with Gasteiger partial charge in [-0.1, -0.05) is 6.07 Å². The Balaban J connectivity index is 1.75. The molecule has 1 amide bonds. The molecular formula is C23H26N4O5S. The smallest absolute Gasteiger partial charge is 0.331 e. The number of benzene rings is 2. The van der Waals surface area contributed by atoms with E-state index in [1.54, 1.807) is 17.0 Å². The molecule has 0 unspecified atom stereocenters. The highest BCUT2D eigenvalue weighted by Crippen LogP contribution is 2.21. The second kappa shape index (κ2) is 8.51. The SMILES string of the molecule is Cc1ccc(NS(=O)(=O)c2ccc3c(c2)c(=O)n(CC(=O)N2CCCC2)c(=O)n3C)cc1C. The molecule has 9 nitrogen and oxygen atoms in total. The van der Waals surface area contributed by atoms with Gasteiger partial charge in [-0.2, -0.15) is 0 Å². The predicted octanol–water partition coefficient (Wildman–Crippen LogP) is 1.74. The third kappa shape index (κ3) is 4.30. The van der Waals surface area contributed by atoms with Crippen molar-refractivity contribution >= 4 is 32.5 Å². The summed E-state index contributed by atoms with van der Waals surface area (Å²) in [6, 6.07) is 9.25. The van der Waals surface area contributed by atoms with Gasteiger partial charge in [-0.15, -0.1) is 0 Å². The Kier molecular flexibility index (Phi) is 5.87. The highest BCUT2D eigenvalue weighted by Gasteiger charge is 2.22. The number of hydrogen-bond donors (Lipinski definition) is 1. The van der Waals surface area contributed by atoms with Crippen molar-refractivity contribution in [2.24, 2.45) is 7.05 Å². The molecule has 1 aliphatic heterocycles. The van der Waals surface area contributed by atoms with E-state index < -0.39 is 21.3 Å². The molecule has 0 atom stereocenters. The maximum atomic E-state index is 13.1. The fourth-order valence-corrected chi connectivity index (χ4v) is 5.10. The van der Waals surface area contributed by atoms with Gasteiger partial charge in [0.15, 0.2) is 0 Å². The van der Waals surface area contributed by atoms with Gasteiger partial charge in [-0.25, -0.2) is 13.2 Å². The van der Waals surface area contributed by atoms with Crippen LogP contribution in [-0.4, -0.2) is 41.4 Å². The van der Waals surface area contributed by atoms with Crippen molar-refractivity contribution in [1.29, 1.82) is 0 Å². The molecule has 4 rings (SSSR count). The lowest BCUT2D eigenvalue weighted by Crippen LogP contribution is -2.43. The summed E-state index contributed by atoms with van der Waals surface area (Å²) in [5, 5.41) is 0.0503. The van der Waals surface area contributed by atoms with Gasteiger partial charge in [0.25, 0.3) is 15.6 Å². The van der Waals surface area contributed by atoms with Crippen molar-refractivity contribution in [2.75, 3.05) is 17.8 Å². The predicted molar refractivity (Wildman–Crippen MR) is 126 cm³/mol. The van der Waals surface area contributed by atoms with Crippen LogP contribution in [0.25, 0.3) is 10.9 Å². The number of hydrogen-bond acceptors (Lipinski definition) is 5. The number of fused-ring (bicyclic) bond motifs is 1. The van der Waals surface area contributed by atoms with E-state index >= 15 is 0 Å². The van der Waals surface area contributed by atoms with E-state index in [4.69, 9.17) is 0 Å². The quantitative estimate of drug-likeness (QED) is 0.611. The van der Waals surface area contributed by atoms with Gasteiger partial charge in [0.1, 0.15) is 6.54 Å². The van der Waals surface area contributed by atoms with E-state index in [0.29, 0.717) is 24.3 Å². The molecule has 0 radical (unpaired) electrons. The summed E-state index contributed by atoms with van der Waals surface area (Å²) in [6.45, 7) is 4.65. The number of amides is 1. The number of anilines is 1. The minimum atomic E-state index is -3.98. The normalized spacial score (nSPS) is 14.1. The van der Waals surface area contributed by atoms with Crippen LogP contribution >= 0.6 is 0 Å². The molecule has 10 heteroatoms. The van der Waals surface area contributed by atoms with Gasteiger partial charge in [0.05, 0.1) is 15.8 Å². The molecule has 0 aliphatic carbocycles. The summed E-state index contributed by atoms with van der Waals surface area (Å²) in [6.07, 6.45) is 1.79. The number of aryl methyl sites for hydroxylation is 3. The first-order valence-corrected chi connectivity index (χ1v) is 12.2. The van der Waals surface area contributed by atoms with Crippen LogP contribution in [0.1, 0.15) is 24.0 Å². The monoisotopic (exact) mass is 470 g/mol. The second-order valence-electron chi connectivity index (χ2n) is 8.40. The number of likely N-dealkylation sites (tertiary alicyclic amines) is 1. The standard InChI is InChI=1S/C23H26N4O5S/c1-15-6-7-17(12-16(15)2)24-33(31,32)18-8-9-20-19(13-18)22(29)27(23(30)25(20)3)14-21(28)26-10-4-5-11-26/h6-9,12-13,24H,4-5,10-11,14H2,1-3H3. The lowest BCUT2D eigenvalue weighted by molar-refractivity contribution is -0.130. The van der Waals surface area contributed by atoms with Gasteiger partial charge in [0.2, 0.25) is 5.91 Å². The van der Waals surface area contributed by atoms with Crippen molar-refractivity contribution in [3.05, 3.63) is 68.4 Å². The van der Waals surface area contributed by atoms with E-state index in [2.05, 4.69) is 4.72 Å². The zero-order valence-electron chi connectivity index (χ0n) is 18.8. The zero-order valence-corrected chi connectivity index (χ0v) is 19.6. The van der Waals surface area contributed by atoms with Crippen LogP contribution in [0.4, 0.5) is 5.69 Å². The number of carbonyl (C=O) groups excluding carboxylic acids is 1. The first-order chi connectivity index (χ1) is 15.6. The third-order valence-electron chi connectivity index (χ3n) is 6.14. The Morgan fingerprint density at radius 1 is 1.00 bits per heavy atom. The number of nitrogens with zero attached hydrogens (tertiary/aromatic N) is 3. The van der Waals surface area contributed by atoms with Crippen LogP contribution in [0.15, 0.2) is 50.9 Å².